The molecule has 0 spiro atoms. The fraction of sp³-hybridized carbons (Fsp3) is 0.241. The Balaban J connectivity index is 1.36. The largest absolute Gasteiger partial charge is 0.489 e. The summed E-state index contributed by atoms with van der Waals surface area (Å²) in [6.07, 6.45) is 7.09. The zero-order valence-corrected chi connectivity index (χ0v) is 21.3. The second kappa shape index (κ2) is 11.3. The molecular formula is C29H26ClFN2O2S. The Morgan fingerprint density at radius 1 is 1.00 bits per heavy atom. The number of para-hydroxylation sites is 1. The first kappa shape index (κ1) is 24.6. The Kier molecular flexibility index (Phi) is 7.73. The van der Waals surface area contributed by atoms with Crippen LogP contribution in [0.15, 0.2) is 82.7 Å². The number of carbonyl (C=O) groups excluding carboxylic acids is 1. The molecule has 2 aliphatic rings. The lowest BCUT2D eigenvalue weighted by Crippen LogP contribution is -2.40. The monoisotopic (exact) mass is 520 g/mol. The summed E-state index contributed by atoms with van der Waals surface area (Å²) in [6.45, 7) is 0.376. The summed E-state index contributed by atoms with van der Waals surface area (Å²) in [4.78, 5) is 20.4. The van der Waals surface area contributed by atoms with Crippen LogP contribution >= 0.6 is 23.4 Å². The van der Waals surface area contributed by atoms with Gasteiger partial charge >= 0.3 is 0 Å². The molecule has 4 nitrogen and oxygen atoms in total. The maximum absolute atomic E-state index is 14.3. The predicted molar refractivity (Wildman–Crippen MR) is 145 cm³/mol. The molecule has 0 atom stereocenters. The van der Waals surface area contributed by atoms with E-state index in [2.05, 4.69) is 4.99 Å². The molecule has 1 heterocycles. The van der Waals surface area contributed by atoms with E-state index in [1.165, 1.54) is 24.2 Å². The van der Waals surface area contributed by atoms with Crippen molar-refractivity contribution in [2.45, 2.75) is 44.8 Å². The molecule has 36 heavy (non-hydrogen) atoms. The molecular weight excluding hydrogens is 495 g/mol. The van der Waals surface area contributed by atoms with E-state index in [0.29, 0.717) is 27.5 Å². The summed E-state index contributed by atoms with van der Waals surface area (Å²) in [7, 11) is 0. The lowest BCUT2D eigenvalue weighted by molar-refractivity contribution is -0.124. The third-order valence-corrected chi connectivity index (χ3v) is 7.73. The van der Waals surface area contributed by atoms with Gasteiger partial charge in [-0.05, 0) is 66.6 Å². The van der Waals surface area contributed by atoms with Gasteiger partial charge in [0.05, 0.1) is 4.91 Å². The molecule has 3 aromatic carbocycles. The number of nitrogens with zero attached hydrogens (tertiary/aromatic N) is 2. The molecule has 0 radical (unpaired) electrons. The first-order chi connectivity index (χ1) is 17.6. The Morgan fingerprint density at radius 3 is 2.47 bits per heavy atom. The molecule has 184 valence electrons. The van der Waals surface area contributed by atoms with E-state index in [1.807, 2.05) is 54.6 Å². The van der Waals surface area contributed by atoms with E-state index in [1.54, 1.807) is 23.1 Å². The number of thioether (sulfide) groups is 1. The van der Waals surface area contributed by atoms with E-state index < -0.39 is 5.82 Å². The Bertz CT molecular complexity index is 1300. The number of hydrogen-bond donors (Lipinski definition) is 0. The van der Waals surface area contributed by atoms with Gasteiger partial charge in [-0.2, -0.15) is 0 Å². The van der Waals surface area contributed by atoms with Crippen molar-refractivity contribution in [3.8, 4) is 5.75 Å². The van der Waals surface area contributed by atoms with Crippen LogP contribution in [0.3, 0.4) is 0 Å². The van der Waals surface area contributed by atoms with Crippen LogP contribution < -0.4 is 4.74 Å². The van der Waals surface area contributed by atoms with E-state index in [-0.39, 0.29) is 17.6 Å². The van der Waals surface area contributed by atoms with Crippen LogP contribution in [0.4, 0.5) is 10.1 Å². The van der Waals surface area contributed by atoms with Gasteiger partial charge < -0.3 is 4.74 Å². The van der Waals surface area contributed by atoms with Crippen molar-refractivity contribution in [1.82, 2.24) is 4.90 Å². The van der Waals surface area contributed by atoms with E-state index in [4.69, 9.17) is 16.3 Å². The fourth-order valence-corrected chi connectivity index (χ4v) is 5.70. The SMILES string of the molecule is O=C1/C(=C/c2ccc(OCc3ccccc3Cl)cc2)SC(=Nc2ccccc2F)N1C1CCCCC1. The highest BCUT2D eigenvalue weighted by Gasteiger charge is 2.38. The maximum Gasteiger partial charge on any atom is 0.267 e. The van der Waals surface area contributed by atoms with Gasteiger partial charge in [0.15, 0.2) is 5.17 Å². The minimum Gasteiger partial charge on any atom is -0.489 e. The van der Waals surface area contributed by atoms with Gasteiger partial charge in [0.1, 0.15) is 23.9 Å². The highest BCUT2D eigenvalue weighted by molar-refractivity contribution is 8.18. The van der Waals surface area contributed by atoms with Crippen LogP contribution in [-0.2, 0) is 11.4 Å². The molecule has 5 rings (SSSR count). The van der Waals surface area contributed by atoms with Gasteiger partial charge in [-0.15, -0.1) is 0 Å². The van der Waals surface area contributed by atoms with E-state index in [0.717, 1.165) is 36.8 Å². The van der Waals surface area contributed by atoms with E-state index >= 15 is 0 Å². The maximum atomic E-state index is 14.3. The zero-order valence-electron chi connectivity index (χ0n) is 19.7. The standard InChI is InChI=1S/C29H26ClFN2O2S/c30-24-11-5-4-8-21(24)19-35-23-16-14-20(15-17-23)18-27-28(34)33(22-9-2-1-3-10-22)29(36-27)32-26-13-7-6-12-25(26)31/h4-8,11-18,22H,1-3,9-10,19H2/b27-18-,32-29?. The molecule has 1 saturated heterocycles. The van der Waals surface area contributed by atoms with Gasteiger partial charge in [0.2, 0.25) is 0 Å². The summed E-state index contributed by atoms with van der Waals surface area (Å²) < 4.78 is 20.2. The van der Waals surface area contributed by atoms with Crippen molar-refractivity contribution in [3.63, 3.8) is 0 Å². The number of carbonyl (C=O) groups is 1. The summed E-state index contributed by atoms with van der Waals surface area (Å²) in [6, 6.07) is 21.7. The van der Waals surface area contributed by atoms with Crippen LogP contribution in [0.25, 0.3) is 6.08 Å². The number of benzene rings is 3. The third kappa shape index (κ3) is 5.66. The van der Waals surface area contributed by atoms with Crippen LogP contribution in [0.5, 0.6) is 5.75 Å². The molecule has 1 saturated carbocycles. The lowest BCUT2D eigenvalue weighted by Gasteiger charge is -2.30. The number of hydrogen-bond acceptors (Lipinski definition) is 4. The molecule has 3 aromatic rings. The lowest BCUT2D eigenvalue weighted by atomic mass is 9.94. The summed E-state index contributed by atoms with van der Waals surface area (Å²) >= 11 is 7.51. The second-order valence-corrected chi connectivity index (χ2v) is 10.3. The van der Waals surface area contributed by atoms with Crippen LogP contribution in [0.1, 0.15) is 43.2 Å². The predicted octanol–water partition coefficient (Wildman–Crippen LogP) is 7.99. The molecule has 0 N–H and O–H groups in total. The third-order valence-electron chi connectivity index (χ3n) is 6.38. The van der Waals surface area contributed by atoms with Gasteiger partial charge in [0, 0.05) is 16.6 Å². The summed E-state index contributed by atoms with van der Waals surface area (Å²) in [5.74, 6) is 0.251. The topological polar surface area (TPSA) is 41.9 Å². The van der Waals surface area contributed by atoms with Gasteiger partial charge in [0.25, 0.3) is 5.91 Å². The first-order valence-electron chi connectivity index (χ1n) is 12.1. The Hall–Kier alpha value is -3.09. The Morgan fingerprint density at radius 2 is 1.72 bits per heavy atom. The number of ether oxygens (including phenoxy) is 1. The summed E-state index contributed by atoms with van der Waals surface area (Å²) in [5, 5.41) is 1.22. The van der Waals surface area contributed by atoms with Crippen LogP contribution in [-0.4, -0.2) is 22.0 Å². The molecule has 2 fully saturated rings. The second-order valence-electron chi connectivity index (χ2n) is 8.87. The average molecular weight is 521 g/mol. The minimum absolute atomic E-state index is 0.0685. The minimum atomic E-state index is -0.397. The number of amidine groups is 1. The van der Waals surface area contributed by atoms with Crippen molar-refractivity contribution in [2.24, 2.45) is 4.99 Å². The van der Waals surface area contributed by atoms with Crippen LogP contribution in [0, 0.1) is 5.82 Å². The van der Waals surface area contributed by atoms with Crippen molar-refractivity contribution in [2.75, 3.05) is 0 Å². The molecule has 0 bridgehead atoms. The van der Waals surface area contributed by atoms with Crippen molar-refractivity contribution in [3.05, 3.63) is 99.7 Å². The number of amides is 1. The molecule has 1 amide bonds. The van der Waals surface area contributed by atoms with Gasteiger partial charge in [-0.1, -0.05) is 73.3 Å². The smallest absolute Gasteiger partial charge is 0.267 e. The number of rotatable bonds is 6. The zero-order chi connectivity index (χ0) is 24.9. The van der Waals surface area contributed by atoms with Crippen molar-refractivity contribution in [1.29, 1.82) is 0 Å². The number of halogens is 2. The molecule has 1 aliphatic carbocycles. The molecule has 7 heteroatoms. The van der Waals surface area contributed by atoms with Gasteiger partial charge in [-0.3, -0.25) is 9.69 Å². The number of aliphatic imine (C=N–C) groups is 1. The van der Waals surface area contributed by atoms with E-state index in [9.17, 15) is 9.18 Å². The highest BCUT2D eigenvalue weighted by Crippen LogP contribution is 2.39. The first-order valence-corrected chi connectivity index (χ1v) is 13.3. The fourth-order valence-electron chi connectivity index (χ4n) is 4.46. The molecule has 0 unspecified atom stereocenters. The quantitative estimate of drug-likeness (QED) is 0.309. The van der Waals surface area contributed by atoms with Gasteiger partial charge in [-0.25, -0.2) is 9.38 Å². The van der Waals surface area contributed by atoms with Crippen LogP contribution in [0.2, 0.25) is 5.02 Å². The normalized spacial score (nSPS) is 18.8. The molecule has 0 aromatic heterocycles. The Labute approximate surface area is 219 Å². The van der Waals surface area contributed by atoms with Crippen molar-refractivity contribution < 1.29 is 13.9 Å². The average Bonchev–Trinajstić information content (AvgIpc) is 3.20. The van der Waals surface area contributed by atoms with Crippen molar-refractivity contribution >= 4 is 46.2 Å². The molecule has 1 aliphatic heterocycles. The summed E-state index contributed by atoms with van der Waals surface area (Å²) in [5.41, 5.74) is 2.05. The highest BCUT2D eigenvalue weighted by atomic mass is 35.5.